The van der Waals surface area contributed by atoms with Gasteiger partial charge in [-0.15, -0.1) is 0 Å². The van der Waals surface area contributed by atoms with E-state index in [0.717, 1.165) is 25.7 Å². The molecule has 22 heavy (non-hydrogen) atoms. The van der Waals surface area contributed by atoms with Gasteiger partial charge in [-0.1, -0.05) is 32.1 Å². The molecule has 0 aliphatic heterocycles. The van der Waals surface area contributed by atoms with Crippen LogP contribution in [0.5, 0.6) is 0 Å². The Hall–Kier alpha value is -1.18. The van der Waals surface area contributed by atoms with Crippen LogP contribution in [-0.4, -0.2) is 47.4 Å². The van der Waals surface area contributed by atoms with Crippen molar-refractivity contribution >= 4 is 11.9 Å². The van der Waals surface area contributed by atoms with Gasteiger partial charge in [0.05, 0.1) is 0 Å². The van der Waals surface area contributed by atoms with Crippen LogP contribution in [0.3, 0.4) is 0 Å². The molecule has 0 saturated heterocycles. The summed E-state index contributed by atoms with van der Waals surface area (Å²) in [7, 11) is 0. The molecule has 128 valence electrons. The highest BCUT2D eigenvalue weighted by atomic mass is 16.5. The molecule has 0 heterocycles. The van der Waals surface area contributed by atoms with Gasteiger partial charge in [-0.25, -0.2) is 10.9 Å². The maximum atomic E-state index is 11.3. The fourth-order valence-corrected chi connectivity index (χ4v) is 2.78. The van der Waals surface area contributed by atoms with Crippen LogP contribution in [-0.2, 0) is 14.3 Å². The molecule has 1 fully saturated rings. The fourth-order valence-electron chi connectivity index (χ4n) is 2.78. The number of carboxylic acids is 2. The van der Waals surface area contributed by atoms with E-state index in [1.165, 1.54) is 6.42 Å². The summed E-state index contributed by atoms with van der Waals surface area (Å²) in [6.07, 6.45) is 6.44. The first-order valence-corrected chi connectivity index (χ1v) is 8.09. The molecule has 0 aromatic rings. The number of carboxylic acid groups (broad SMARTS) is 2. The SMILES string of the molecule is CCOCCC(NN[C@@H](CC1CCCCC1)C(=O)O)C(=O)O. The summed E-state index contributed by atoms with van der Waals surface area (Å²) in [5, 5.41) is 18.4. The van der Waals surface area contributed by atoms with E-state index in [4.69, 9.17) is 9.84 Å². The van der Waals surface area contributed by atoms with Crippen LogP contribution >= 0.6 is 0 Å². The summed E-state index contributed by atoms with van der Waals surface area (Å²) in [6, 6.07) is -1.63. The van der Waals surface area contributed by atoms with E-state index in [0.29, 0.717) is 25.6 Å². The average Bonchev–Trinajstić information content (AvgIpc) is 2.49. The lowest BCUT2D eigenvalue weighted by Gasteiger charge is -2.26. The van der Waals surface area contributed by atoms with Crippen LogP contribution in [0.4, 0.5) is 0 Å². The van der Waals surface area contributed by atoms with Gasteiger partial charge < -0.3 is 14.9 Å². The van der Waals surface area contributed by atoms with Crippen LogP contribution in [0, 0.1) is 5.92 Å². The summed E-state index contributed by atoms with van der Waals surface area (Å²) >= 11 is 0. The summed E-state index contributed by atoms with van der Waals surface area (Å²) in [5.41, 5.74) is 5.33. The van der Waals surface area contributed by atoms with Crippen LogP contribution in [0.2, 0.25) is 0 Å². The van der Waals surface area contributed by atoms with Crippen LogP contribution < -0.4 is 10.9 Å². The lowest BCUT2D eigenvalue weighted by Crippen LogP contribution is -2.53. The van der Waals surface area contributed by atoms with Gasteiger partial charge in [-0.2, -0.15) is 0 Å². The molecule has 0 radical (unpaired) electrons. The first-order valence-electron chi connectivity index (χ1n) is 8.09. The van der Waals surface area contributed by atoms with Gasteiger partial charge in [-0.3, -0.25) is 9.59 Å². The van der Waals surface area contributed by atoms with Gasteiger partial charge in [0.1, 0.15) is 12.1 Å². The molecule has 1 saturated carbocycles. The van der Waals surface area contributed by atoms with E-state index < -0.39 is 24.0 Å². The van der Waals surface area contributed by atoms with Gasteiger partial charge in [0.25, 0.3) is 0 Å². The summed E-state index contributed by atoms with van der Waals surface area (Å²) < 4.78 is 5.14. The highest BCUT2D eigenvalue weighted by Crippen LogP contribution is 2.27. The van der Waals surface area contributed by atoms with E-state index in [9.17, 15) is 14.7 Å². The van der Waals surface area contributed by atoms with E-state index >= 15 is 0 Å². The number of ether oxygens (including phenoxy) is 1. The first kappa shape index (κ1) is 18.9. The molecule has 1 rings (SSSR count). The minimum atomic E-state index is -1.02. The third kappa shape index (κ3) is 7.20. The monoisotopic (exact) mass is 316 g/mol. The number of hydrazine groups is 1. The van der Waals surface area contributed by atoms with Crippen molar-refractivity contribution in [2.75, 3.05) is 13.2 Å². The van der Waals surface area contributed by atoms with Crippen molar-refractivity contribution in [2.24, 2.45) is 5.92 Å². The Morgan fingerprint density at radius 1 is 1.09 bits per heavy atom. The Morgan fingerprint density at radius 2 is 1.68 bits per heavy atom. The zero-order valence-electron chi connectivity index (χ0n) is 13.2. The molecule has 0 bridgehead atoms. The molecule has 7 heteroatoms. The normalized spacial score (nSPS) is 18.8. The molecule has 7 nitrogen and oxygen atoms in total. The number of hydrogen-bond donors (Lipinski definition) is 4. The van der Waals surface area contributed by atoms with Gasteiger partial charge in [0, 0.05) is 13.2 Å². The van der Waals surface area contributed by atoms with Crippen molar-refractivity contribution < 1.29 is 24.5 Å². The van der Waals surface area contributed by atoms with Crippen molar-refractivity contribution in [2.45, 2.75) is 64.0 Å². The summed E-state index contributed by atoms with van der Waals surface area (Å²) in [6.45, 7) is 2.69. The smallest absolute Gasteiger partial charge is 0.322 e. The third-order valence-electron chi connectivity index (χ3n) is 4.08. The van der Waals surface area contributed by atoms with Crippen molar-refractivity contribution in [3.8, 4) is 0 Å². The van der Waals surface area contributed by atoms with Gasteiger partial charge in [-0.05, 0) is 25.7 Å². The predicted octanol–water partition coefficient (Wildman–Crippen LogP) is 1.38. The maximum Gasteiger partial charge on any atom is 0.322 e. The van der Waals surface area contributed by atoms with Gasteiger partial charge in [0.2, 0.25) is 0 Å². The average molecular weight is 316 g/mol. The largest absolute Gasteiger partial charge is 0.480 e. The van der Waals surface area contributed by atoms with Crippen molar-refractivity contribution in [1.29, 1.82) is 0 Å². The van der Waals surface area contributed by atoms with Crippen molar-refractivity contribution in [3.05, 3.63) is 0 Å². The molecule has 0 amide bonds. The molecular formula is C15H28N2O5. The zero-order valence-corrected chi connectivity index (χ0v) is 13.2. The molecule has 1 unspecified atom stereocenters. The van der Waals surface area contributed by atoms with Gasteiger partial charge in [0.15, 0.2) is 0 Å². The van der Waals surface area contributed by atoms with Crippen molar-refractivity contribution in [1.82, 2.24) is 10.9 Å². The molecular weight excluding hydrogens is 288 g/mol. The van der Waals surface area contributed by atoms with Crippen LogP contribution in [0.15, 0.2) is 0 Å². The van der Waals surface area contributed by atoms with Crippen molar-refractivity contribution in [3.63, 3.8) is 0 Å². The molecule has 0 aromatic carbocycles. The van der Waals surface area contributed by atoms with Crippen LogP contribution in [0.25, 0.3) is 0 Å². The number of nitrogens with one attached hydrogen (secondary N) is 2. The number of rotatable bonds is 11. The second kappa shape index (κ2) is 10.5. The molecule has 1 aliphatic carbocycles. The van der Waals surface area contributed by atoms with E-state index in [-0.39, 0.29) is 6.42 Å². The highest BCUT2D eigenvalue weighted by Gasteiger charge is 2.25. The van der Waals surface area contributed by atoms with Gasteiger partial charge >= 0.3 is 11.9 Å². The van der Waals surface area contributed by atoms with E-state index in [2.05, 4.69) is 10.9 Å². The Kier molecular flexibility index (Phi) is 9.03. The lowest BCUT2D eigenvalue weighted by molar-refractivity contribution is -0.143. The molecule has 1 aliphatic rings. The Morgan fingerprint density at radius 3 is 2.23 bits per heavy atom. The molecule has 4 N–H and O–H groups in total. The predicted molar refractivity (Wildman–Crippen MR) is 81.4 cm³/mol. The number of hydrogen-bond acceptors (Lipinski definition) is 5. The highest BCUT2D eigenvalue weighted by molar-refractivity contribution is 5.74. The standard InChI is InChI=1S/C15H28N2O5/c1-2-22-9-8-12(14(18)19)16-17-13(15(20)21)10-11-6-4-3-5-7-11/h11-13,16-17H,2-10H2,1H3,(H,18,19)(H,20,21)/t12?,13-/m0/s1. The van der Waals surface area contributed by atoms with Crippen LogP contribution in [0.1, 0.15) is 51.9 Å². The minimum absolute atomic E-state index is 0.284. The topological polar surface area (TPSA) is 108 Å². The Labute approximate surface area is 131 Å². The molecule has 0 aromatic heterocycles. The van der Waals surface area contributed by atoms with E-state index in [1.54, 1.807) is 0 Å². The zero-order chi connectivity index (χ0) is 16.4. The maximum absolute atomic E-state index is 11.3. The minimum Gasteiger partial charge on any atom is -0.480 e. The quantitative estimate of drug-likeness (QED) is 0.337. The second-order valence-electron chi connectivity index (χ2n) is 5.80. The molecule has 0 spiro atoms. The first-order chi connectivity index (χ1) is 10.5. The summed E-state index contributed by atoms with van der Waals surface area (Å²) in [5.74, 6) is -1.57. The fraction of sp³-hybridized carbons (Fsp3) is 0.867. The Balaban J connectivity index is 2.42. The number of aliphatic carboxylic acids is 2. The summed E-state index contributed by atoms with van der Waals surface area (Å²) in [4.78, 5) is 22.5. The van der Waals surface area contributed by atoms with E-state index in [1.807, 2.05) is 6.92 Å². The lowest BCUT2D eigenvalue weighted by atomic mass is 9.85. The second-order valence-corrected chi connectivity index (χ2v) is 5.80. The molecule has 2 atom stereocenters. The number of carbonyl (C=O) groups is 2. The Bertz CT molecular complexity index is 345. The third-order valence-corrected chi connectivity index (χ3v) is 4.08.